The van der Waals surface area contributed by atoms with Crippen LogP contribution in [0.5, 0.6) is 0 Å². The zero-order chi connectivity index (χ0) is 20.4. The Balaban J connectivity index is 2.39. The van der Waals surface area contributed by atoms with E-state index in [0.717, 1.165) is 28.1 Å². The second kappa shape index (κ2) is 7.72. The first-order valence-electron chi connectivity index (χ1n) is 9.60. The largest absolute Gasteiger partial charge is 0.359 e. The molecule has 2 aromatic carbocycles. The first kappa shape index (κ1) is 21.0. The summed E-state index contributed by atoms with van der Waals surface area (Å²) in [5.74, 6) is 0.0407. The van der Waals surface area contributed by atoms with Crippen molar-refractivity contribution in [2.24, 2.45) is 0 Å². The quantitative estimate of drug-likeness (QED) is 0.478. The van der Waals surface area contributed by atoms with Crippen molar-refractivity contribution in [1.29, 1.82) is 0 Å². The van der Waals surface area contributed by atoms with E-state index in [0.29, 0.717) is 0 Å². The maximum absolute atomic E-state index is 13.0. The van der Waals surface area contributed by atoms with Crippen LogP contribution in [0.1, 0.15) is 75.5 Å². The average Bonchev–Trinajstić information content (AvgIpc) is 2.54. The van der Waals surface area contributed by atoms with Crippen LogP contribution in [0.4, 0.5) is 5.69 Å². The van der Waals surface area contributed by atoms with E-state index < -0.39 is 0 Å². The number of allylic oxidation sites excluding steroid dienone is 2. The highest BCUT2D eigenvalue weighted by molar-refractivity contribution is 6.06. The van der Waals surface area contributed by atoms with Crippen LogP contribution >= 0.6 is 0 Å². The first-order chi connectivity index (χ1) is 12.4. The van der Waals surface area contributed by atoms with Crippen molar-refractivity contribution in [2.45, 2.75) is 66.2 Å². The Morgan fingerprint density at radius 2 is 1.56 bits per heavy atom. The third kappa shape index (κ3) is 5.32. The molecule has 0 spiro atoms. The van der Waals surface area contributed by atoms with Gasteiger partial charge in [-0.15, -0.1) is 0 Å². The second-order valence-electron chi connectivity index (χ2n) is 9.39. The van der Waals surface area contributed by atoms with Gasteiger partial charge < -0.3 is 5.32 Å². The Labute approximate surface area is 164 Å². The summed E-state index contributed by atoms with van der Waals surface area (Å²) in [7, 11) is 0. The number of para-hydroxylation sites is 1. The molecule has 2 rings (SSSR count). The van der Waals surface area contributed by atoms with E-state index in [1.807, 2.05) is 31.2 Å². The van der Waals surface area contributed by atoms with Gasteiger partial charge >= 0.3 is 0 Å². The minimum absolute atomic E-state index is 0.0407. The molecule has 0 saturated carbocycles. The zero-order valence-electron chi connectivity index (χ0n) is 18.0. The molecule has 0 radical (unpaired) electrons. The van der Waals surface area contributed by atoms with Gasteiger partial charge in [-0.3, -0.25) is 4.79 Å². The molecular weight excluding hydrogens is 330 g/mol. The van der Waals surface area contributed by atoms with Gasteiger partial charge in [-0.1, -0.05) is 77.9 Å². The van der Waals surface area contributed by atoms with Crippen molar-refractivity contribution in [1.82, 2.24) is 0 Å². The number of carbonyl (C=O) groups is 1. The van der Waals surface area contributed by atoms with E-state index in [2.05, 4.69) is 72.0 Å². The molecule has 0 aliphatic heterocycles. The molecule has 0 heterocycles. The lowest BCUT2D eigenvalue weighted by molar-refractivity contribution is 0.104. The molecule has 27 heavy (non-hydrogen) atoms. The molecule has 0 saturated heterocycles. The summed E-state index contributed by atoms with van der Waals surface area (Å²) in [5.41, 5.74) is 6.11. The van der Waals surface area contributed by atoms with Gasteiger partial charge in [-0.05, 0) is 47.4 Å². The molecule has 0 unspecified atom stereocenters. The molecule has 1 N–H and O–H groups in total. The predicted molar refractivity (Wildman–Crippen MR) is 117 cm³/mol. The number of benzene rings is 2. The summed E-state index contributed by atoms with van der Waals surface area (Å²) in [5, 5.41) is 3.34. The van der Waals surface area contributed by atoms with E-state index in [4.69, 9.17) is 0 Å². The second-order valence-corrected chi connectivity index (χ2v) is 9.39. The Kier molecular flexibility index (Phi) is 5.99. The number of hydrogen-bond acceptors (Lipinski definition) is 2. The van der Waals surface area contributed by atoms with Crippen LogP contribution in [0.3, 0.4) is 0 Å². The van der Waals surface area contributed by atoms with E-state index in [1.165, 1.54) is 5.56 Å². The number of carbonyl (C=O) groups excluding carboxylic acids is 1. The smallest absolute Gasteiger partial charge is 0.187 e. The third-order valence-corrected chi connectivity index (χ3v) is 4.78. The van der Waals surface area contributed by atoms with Gasteiger partial charge in [0.05, 0.1) is 0 Å². The van der Waals surface area contributed by atoms with Crippen LogP contribution in [-0.4, -0.2) is 5.78 Å². The minimum Gasteiger partial charge on any atom is -0.359 e. The molecular formula is C25H33NO. The molecule has 0 aliphatic carbocycles. The Morgan fingerprint density at radius 3 is 2.11 bits per heavy atom. The number of nitrogens with one attached hydrogen (secondary N) is 1. The van der Waals surface area contributed by atoms with Crippen molar-refractivity contribution >= 4 is 11.5 Å². The van der Waals surface area contributed by atoms with Crippen molar-refractivity contribution in [3.8, 4) is 0 Å². The molecule has 0 aromatic heterocycles. The van der Waals surface area contributed by atoms with Crippen molar-refractivity contribution in [3.05, 3.63) is 76.5 Å². The van der Waals surface area contributed by atoms with Gasteiger partial charge in [-0.25, -0.2) is 0 Å². The van der Waals surface area contributed by atoms with Crippen LogP contribution in [0.25, 0.3) is 0 Å². The lowest BCUT2D eigenvalue weighted by Crippen LogP contribution is -2.20. The molecule has 0 amide bonds. The highest BCUT2D eigenvalue weighted by Gasteiger charge is 2.24. The Bertz CT molecular complexity index is 861. The van der Waals surface area contributed by atoms with Crippen LogP contribution in [0.15, 0.2) is 54.2 Å². The van der Waals surface area contributed by atoms with Crippen molar-refractivity contribution < 1.29 is 4.79 Å². The average molecular weight is 364 g/mol. The molecule has 0 bridgehead atoms. The predicted octanol–water partition coefficient (Wildman–Crippen LogP) is 6.79. The Morgan fingerprint density at radius 1 is 0.926 bits per heavy atom. The molecule has 2 aromatic rings. The fourth-order valence-corrected chi connectivity index (χ4v) is 3.08. The number of anilines is 1. The fourth-order valence-electron chi connectivity index (χ4n) is 3.08. The van der Waals surface area contributed by atoms with Gasteiger partial charge in [0.15, 0.2) is 5.78 Å². The van der Waals surface area contributed by atoms with E-state index in [1.54, 1.807) is 6.08 Å². The molecule has 0 fully saturated rings. The SMILES string of the molecule is C/C(=C/C(=O)c1ccc(C(C)(C)C)cc1C(C)(C)C)Nc1ccccc1C. The summed E-state index contributed by atoms with van der Waals surface area (Å²) in [6.07, 6.45) is 1.70. The number of aryl methyl sites for hydroxylation is 1. The van der Waals surface area contributed by atoms with Crippen LogP contribution in [0.2, 0.25) is 0 Å². The van der Waals surface area contributed by atoms with E-state index in [9.17, 15) is 4.79 Å². The third-order valence-electron chi connectivity index (χ3n) is 4.78. The van der Waals surface area contributed by atoms with Crippen LogP contribution in [-0.2, 0) is 10.8 Å². The summed E-state index contributed by atoms with van der Waals surface area (Å²) < 4.78 is 0. The van der Waals surface area contributed by atoms with Crippen LogP contribution < -0.4 is 5.32 Å². The highest BCUT2D eigenvalue weighted by atomic mass is 16.1. The maximum atomic E-state index is 13.0. The van der Waals surface area contributed by atoms with Gasteiger partial charge in [0.25, 0.3) is 0 Å². The van der Waals surface area contributed by atoms with Crippen molar-refractivity contribution in [2.75, 3.05) is 5.32 Å². The monoisotopic (exact) mass is 363 g/mol. The highest BCUT2D eigenvalue weighted by Crippen LogP contribution is 2.32. The van der Waals surface area contributed by atoms with E-state index in [-0.39, 0.29) is 16.6 Å². The van der Waals surface area contributed by atoms with Gasteiger partial charge in [0.2, 0.25) is 0 Å². The Hall–Kier alpha value is -2.35. The summed E-state index contributed by atoms with van der Waals surface area (Å²) in [6.45, 7) is 17.1. The van der Waals surface area contributed by atoms with Crippen molar-refractivity contribution in [3.63, 3.8) is 0 Å². The standard InChI is InChI=1S/C25H33NO/c1-17-11-9-10-12-22(17)26-18(2)15-23(27)20-14-13-19(24(3,4)5)16-21(20)25(6,7)8/h9-16,26H,1-8H3/b18-15-. The molecule has 144 valence electrons. The number of rotatable bonds is 4. The van der Waals surface area contributed by atoms with Gasteiger partial charge in [0.1, 0.15) is 0 Å². The molecule has 0 aliphatic rings. The van der Waals surface area contributed by atoms with E-state index >= 15 is 0 Å². The summed E-state index contributed by atoms with van der Waals surface area (Å²) in [4.78, 5) is 13.0. The number of hydrogen-bond donors (Lipinski definition) is 1. The lowest BCUT2D eigenvalue weighted by atomic mass is 9.78. The minimum atomic E-state index is -0.0998. The normalized spacial score (nSPS) is 12.8. The summed E-state index contributed by atoms with van der Waals surface area (Å²) in [6, 6.07) is 14.4. The maximum Gasteiger partial charge on any atom is 0.187 e. The summed E-state index contributed by atoms with van der Waals surface area (Å²) >= 11 is 0. The van der Waals surface area contributed by atoms with Gasteiger partial charge in [-0.2, -0.15) is 0 Å². The molecule has 0 atom stereocenters. The number of ketones is 1. The molecule has 2 nitrogen and oxygen atoms in total. The molecule has 2 heteroatoms. The zero-order valence-corrected chi connectivity index (χ0v) is 18.0. The lowest BCUT2D eigenvalue weighted by Gasteiger charge is -2.27. The first-order valence-corrected chi connectivity index (χ1v) is 9.60. The van der Waals surface area contributed by atoms with Crippen LogP contribution in [0, 0.1) is 6.92 Å². The topological polar surface area (TPSA) is 29.1 Å². The fraction of sp³-hybridized carbons (Fsp3) is 0.400. The van der Waals surface area contributed by atoms with Gasteiger partial charge in [0, 0.05) is 23.0 Å².